The molecule has 0 aromatic heterocycles. The maximum Gasteiger partial charge on any atom is 0.0971 e. The van der Waals surface area contributed by atoms with E-state index in [2.05, 4.69) is 26.8 Å². The molecule has 0 spiro atoms. The third-order valence-corrected chi connectivity index (χ3v) is 5.09. The number of hydrogen-bond donors (Lipinski definition) is 1. The van der Waals surface area contributed by atoms with Gasteiger partial charge >= 0.3 is 0 Å². The molecule has 0 saturated heterocycles. The summed E-state index contributed by atoms with van der Waals surface area (Å²) < 4.78 is 5.49. The van der Waals surface area contributed by atoms with Crippen molar-refractivity contribution in [2.75, 3.05) is 7.11 Å². The van der Waals surface area contributed by atoms with Crippen molar-refractivity contribution in [3.05, 3.63) is 11.6 Å². The van der Waals surface area contributed by atoms with Crippen LogP contribution in [-0.4, -0.2) is 24.4 Å². The van der Waals surface area contributed by atoms with Crippen LogP contribution >= 0.6 is 0 Å². The molecule has 1 unspecified atom stereocenters. The Morgan fingerprint density at radius 3 is 2.61 bits per heavy atom. The van der Waals surface area contributed by atoms with Crippen LogP contribution in [0.4, 0.5) is 0 Å². The van der Waals surface area contributed by atoms with Crippen LogP contribution in [0.25, 0.3) is 0 Å². The number of aliphatic hydroxyl groups excluding tert-OH is 1. The zero-order valence-corrected chi connectivity index (χ0v) is 11.7. The molecular formula is C15H23NO2. The normalized spacial score (nSPS) is 42.7. The average Bonchev–Trinajstić information content (AvgIpc) is 2.33. The molecule has 1 N–H and O–H groups in total. The second-order valence-electron chi connectivity index (χ2n) is 6.63. The summed E-state index contributed by atoms with van der Waals surface area (Å²) in [6.07, 6.45) is 4.67. The van der Waals surface area contributed by atoms with Crippen molar-refractivity contribution in [2.45, 2.75) is 52.2 Å². The van der Waals surface area contributed by atoms with E-state index in [0.29, 0.717) is 11.5 Å². The number of hydrogen-bond acceptors (Lipinski definition) is 3. The Bertz CT molecular complexity index is 407. The van der Waals surface area contributed by atoms with E-state index in [-0.39, 0.29) is 16.9 Å². The number of ether oxygens (including phenoxy) is 1. The number of methoxy groups -OCH3 is 1. The van der Waals surface area contributed by atoms with Crippen LogP contribution in [0.5, 0.6) is 0 Å². The molecule has 2 aliphatic carbocycles. The molecule has 0 amide bonds. The van der Waals surface area contributed by atoms with E-state index in [0.717, 1.165) is 19.3 Å². The zero-order chi connectivity index (χ0) is 13.6. The Labute approximate surface area is 109 Å². The van der Waals surface area contributed by atoms with Gasteiger partial charge < -0.3 is 9.84 Å². The van der Waals surface area contributed by atoms with E-state index in [1.54, 1.807) is 7.11 Å². The fourth-order valence-electron chi connectivity index (χ4n) is 4.12. The van der Waals surface area contributed by atoms with Crippen molar-refractivity contribution in [1.82, 2.24) is 0 Å². The summed E-state index contributed by atoms with van der Waals surface area (Å²) in [5.74, 6) is 0.406. The number of allylic oxidation sites excluding steroid dienone is 1. The van der Waals surface area contributed by atoms with Gasteiger partial charge in [-0.15, -0.1) is 0 Å². The van der Waals surface area contributed by atoms with Crippen molar-refractivity contribution in [3.8, 4) is 6.07 Å². The summed E-state index contributed by atoms with van der Waals surface area (Å²) in [6, 6.07) is 2.17. The first kappa shape index (κ1) is 13.6. The fraction of sp³-hybridized carbons (Fsp3) is 0.800. The summed E-state index contributed by atoms with van der Waals surface area (Å²) in [7, 11) is 1.76. The van der Waals surface area contributed by atoms with Gasteiger partial charge in [-0.3, -0.25) is 0 Å². The van der Waals surface area contributed by atoms with Crippen LogP contribution in [0.3, 0.4) is 0 Å². The lowest BCUT2D eigenvalue weighted by Crippen LogP contribution is -2.52. The van der Waals surface area contributed by atoms with Crippen molar-refractivity contribution in [2.24, 2.45) is 16.7 Å². The highest BCUT2D eigenvalue weighted by Gasteiger charge is 2.53. The standard InChI is InChI=1S/C15H23NO2/c1-14(2)12-6-5-11(18-4)8-15(12,3)7-10(9-16)13(14)17/h7,11-13,17H,5-6,8H2,1-4H3/t11-,12+,13?,15-/m0/s1. The molecule has 1 fully saturated rings. The molecule has 4 atom stereocenters. The highest BCUT2D eigenvalue weighted by Crippen LogP contribution is 2.56. The van der Waals surface area contributed by atoms with Gasteiger partial charge in [-0.2, -0.15) is 5.26 Å². The smallest absolute Gasteiger partial charge is 0.0971 e. The topological polar surface area (TPSA) is 53.2 Å². The minimum atomic E-state index is -0.639. The molecule has 0 radical (unpaired) electrons. The third kappa shape index (κ3) is 1.88. The maximum absolute atomic E-state index is 10.4. The molecule has 18 heavy (non-hydrogen) atoms. The van der Waals surface area contributed by atoms with Crippen molar-refractivity contribution in [3.63, 3.8) is 0 Å². The quantitative estimate of drug-likeness (QED) is 0.777. The Hall–Kier alpha value is -0.850. The monoisotopic (exact) mass is 249 g/mol. The van der Waals surface area contributed by atoms with E-state index in [4.69, 9.17) is 4.74 Å². The SMILES string of the molecule is CO[C@H]1CC[C@@H]2C(C)(C)C(O)C(C#N)=C[C@@]2(C)C1. The highest BCUT2D eigenvalue weighted by molar-refractivity contribution is 5.34. The van der Waals surface area contributed by atoms with Crippen molar-refractivity contribution >= 4 is 0 Å². The molecule has 0 aromatic rings. The molecule has 2 rings (SSSR count). The first-order valence-corrected chi connectivity index (χ1v) is 6.69. The van der Waals surface area contributed by atoms with Crippen molar-refractivity contribution in [1.29, 1.82) is 5.26 Å². The second-order valence-corrected chi connectivity index (χ2v) is 6.63. The van der Waals surface area contributed by atoms with E-state index in [1.807, 2.05) is 6.08 Å². The number of aliphatic hydroxyl groups is 1. The fourth-order valence-corrected chi connectivity index (χ4v) is 4.12. The molecule has 3 heteroatoms. The maximum atomic E-state index is 10.4. The van der Waals surface area contributed by atoms with Gasteiger partial charge in [0, 0.05) is 7.11 Å². The zero-order valence-electron chi connectivity index (χ0n) is 11.7. The summed E-state index contributed by atoms with van der Waals surface area (Å²) in [4.78, 5) is 0. The molecule has 0 heterocycles. The van der Waals surface area contributed by atoms with Crippen LogP contribution in [0, 0.1) is 28.1 Å². The van der Waals surface area contributed by atoms with Gasteiger partial charge in [0.2, 0.25) is 0 Å². The van der Waals surface area contributed by atoms with Crippen molar-refractivity contribution < 1.29 is 9.84 Å². The Morgan fingerprint density at radius 2 is 2.06 bits per heavy atom. The molecule has 100 valence electrons. The summed E-state index contributed by atoms with van der Waals surface area (Å²) in [5.41, 5.74) is 0.246. The van der Waals surface area contributed by atoms with E-state index >= 15 is 0 Å². The third-order valence-electron chi connectivity index (χ3n) is 5.09. The van der Waals surface area contributed by atoms with Crippen LogP contribution in [0.15, 0.2) is 11.6 Å². The number of fused-ring (bicyclic) bond motifs is 1. The van der Waals surface area contributed by atoms with E-state index in [1.165, 1.54) is 0 Å². The highest BCUT2D eigenvalue weighted by atomic mass is 16.5. The van der Waals surface area contributed by atoms with Gasteiger partial charge in [0.1, 0.15) is 0 Å². The van der Waals surface area contributed by atoms with Gasteiger partial charge in [0.25, 0.3) is 0 Å². The molecular weight excluding hydrogens is 226 g/mol. The van der Waals surface area contributed by atoms with Crippen LogP contribution in [-0.2, 0) is 4.74 Å². The molecule has 0 aromatic carbocycles. The van der Waals surface area contributed by atoms with Gasteiger partial charge in [0.15, 0.2) is 0 Å². The number of rotatable bonds is 1. The first-order valence-electron chi connectivity index (χ1n) is 6.69. The lowest BCUT2D eigenvalue weighted by molar-refractivity contribution is -0.0795. The number of nitriles is 1. The van der Waals surface area contributed by atoms with E-state index in [9.17, 15) is 10.4 Å². The van der Waals surface area contributed by atoms with E-state index < -0.39 is 6.10 Å². The summed E-state index contributed by atoms with van der Waals surface area (Å²) >= 11 is 0. The van der Waals surface area contributed by atoms with Gasteiger partial charge in [0.05, 0.1) is 23.9 Å². The second kappa shape index (κ2) is 4.36. The predicted molar refractivity (Wildman–Crippen MR) is 69.7 cm³/mol. The van der Waals surface area contributed by atoms with Crippen LogP contribution < -0.4 is 0 Å². The lowest BCUT2D eigenvalue weighted by Gasteiger charge is -2.54. The van der Waals surface area contributed by atoms with Gasteiger partial charge in [-0.1, -0.05) is 26.8 Å². The minimum Gasteiger partial charge on any atom is -0.387 e. The predicted octanol–water partition coefficient (Wildman–Crippen LogP) is 2.66. The minimum absolute atomic E-state index is 0.0350. The average molecular weight is 249 g/mol. The lowest BCUT2D eigenvalue weighted by atomic mass is 9.51. The molecule has 0 bridgehead atoms. The number of nitrogens with zero attached hydrogens (tertiary/aromatic N) is 1. The first-order chi connectivity index (χ1) is 8.35. The van der Waals surface area contributed by atoms with Crippen LogP contribution in [0.2, 0.25) is 0 Å². The summed E-state index contributed by atoms with van der Waals surface area (Å²) in [6.45, 7) is 6.37. The van der Waals surface area contributed by atoms with Gasteiger partial charge in [-0.25, -0.2) is 0 Å². The largest absolute Gasteiger partial charge is 0.387 e. The Morgan fingerprint density at radius 1 is 1.39 bits per heavy atom. The Balaban J connectivity index is 2.43. The summed E-state index contributed by atoms with van der Waals surface area (Å²) in [5, 5.41) is 19.6. The Kier molecular flexibility index (Phi) is 3.29. The molecule has 1 saturated carbocycles. The molecule has 2 aliphatic rings. The molecule has 0 aliphatic heterocycles. The molecule has 3 nitrogen and oxygen atoms in total. The van der Waals surface area contributed by atoms with Crippen LogP contribution in [0.1, 0.15) is 40.0 Å². The van der Waals surface area contributed by atoms with Gasteiger partial charge in [-0.05, 0) is 36.0 Å².